The Balaban J connectivity index is 1.87. The summed E-state index contributed by atoms with van der Waals surface area (Å²) in [4.78, 5) is 5.39. The summed E-state index contributed by atoms with van der Waals surface area (Å²) >= 11 is 7.50. The van der Waals surface area contributed by atoms with Gasteiger partial charge in [-0.05, 0) is 37.1 Å². The van der Waals surface area contributed by atoms with E-state index in [-0.39, 0.29) is 11.9 Å². The summed E-state index contributed by atoms with van der Waals surface area (Å²) in [5.41, 5.74) is 0.883. The molecule has 5 heteroatoms. The van der Waals surface area contributed by atoms with Gasteiger partial charge in [-0.2, -0.15) is 0 Å². The summed E-state index contributed by atoms with van der Waals surface area (Å²) in [6, 6.07) is 7.31. The highest BCUT2D eigenvalue weighted by atomic mass is 35.5. The first kappa shape index (κ1) is 14.4. The molecule has 2 aromatic heterocycles. The zero-order chi connectivity index (χ0) is 13.7. The predicted molar refractivity (Wildman–Crippen MR) is 78.3 cm³/mol. The van der Waals surface area contributed by atoms with E-state index >= 15 is 0 Å². The Bertz CT molecular complexity index is 512. The summed E-state index contributed by atoms with van der Waals surface area (Å²) < 4.78 is 13.7. The molecule has 0 aliphatic rings. The number of thiophene rings is 1. The molecule has 1 N–H and O–H groups in total. The monoisotopic (exact) mass is 298 g/mol. The van der Waals surface area contributed by atoms with E-state index in [4.69, 9.17) is 11.6 Å². The summed E-state index contributed by atoms with van der Waals surface area (Å²) in [6.45, 7) is 2.94. The standard InChI is InChI=1S/C14H16ClFN2S/c1-2-12(13-5-3-10(16)9-18-13)17-8-7-11-4-6-14(15)19-11/h3-6,9,12,17H,2,7-8H2,1H3. The second-order valence-electron chi connectivity index (χ2n) is 4.27. The minimum absolute atomic E-state index is 0.163. The van der Waals surface area contributed by atoms with Gasteiger partial charge in [0.05, 0.1) is 16.2 Å². The molecule has 0 aliphatic carbocycles. The third kappa shape index (κ3) is 4.27. The Morgan fingerprint density at radius 1 is 1.37 bits per heavy atom. The molecule has 0 aromatic carbocycles. The van der Waals surface area contributed by atoms with Crippen molar-refractivity contribution in [3.63, 3.8) is 0 Å². The maximum absolute atomic E-state index is 12.8. The number of aromatic nitrogens is 1. The number of hydrogen-bond donors (Lipinski definition) is 1. The minimum atomic E-state index is -0.299. The van der Waals surface area contributed by atoms with Crippen LogP contribution in [-0.2, 0) is 6.42 Å². The molecule has 0 spiro atoms. The van der Waals surface area contributed by atoms with Gasteiger partial charge in [0, 0.05) is 17.5 Å². The van der Waals surface area contributed by atoms with E-state index in [0.717, 1.165) is 29.4 Å². The zero-order valence-electron chi connectivity index (χ0n) is 10.7. The highest BCUT2D eigenvalue weighted by Crippen LogP contribution is 2.22. The lowest BCUT2D eigenvalue weighted by Crippen LogP contribution is -2.23. The highest BCUT2D eigenvalue weighted by molar-refractivity contribution is 7.16. The number of pyridine rings is 1. The van der Waals surface area contributed by atoms with Crippen LogP contribution >= 0.6 is 22.9 Å². The Labute approximate surface area is 121 Å². The van der Waals surface area contributed by atoms with E-state index in [2.05, 4.69) is 17.2 Å². The first-order valence-corrected chi connectivity index (χ1v) is 7.47. The van der Waals surface area contributed by atoms with Gasteiger partial charge < -0.3 is 5.32 Å². The fourth-order valence-electron chi connectivity index (χ4n) is 1.91. The average Bonchev–Trinajstić information content (AvgIpc) is 2.82. The second-order valence-corrected chi connectivity index (χ2v) is 6.07. The molecule has 0 bridgehead atoms. The van der Waals surface area contributed by atoms with Crippen molar-refractivity contribution in [2.75, 3.05) is 6.54 Å². The van der Waals surface area contributed by atoms with Crippen LogP contribution in [0.25, 0.3) is 0 Å². The van der Waals surface area contributed by atoms with Gasteiger partial charge >= 0.3 is 0 Å². The Morgan fingerprint density at radius 3 is 2.79 bits per heavy atom. The van der Waals surface area contributed by atoms with E-state index < -0.39 is 0 Å². The Morgan fingerprint density at radius 2 is 2.21 bits per heavy atom. The smallest absolute Gasteiger partial charge is 0.141 e. The van der Waals surface area contributed by atoms with Crippen LogP contribution in [0.2, 0.25) is 4.34 Å². The maximum Gasteiger partial charge on any atom is 0.141 e. The van der Waals surface area contributed by atoms with Crippen LogP contribution in [-0.4, -0.2) is 11.5 Å². The van der Waals surface area contributed by atoms with Gasteiger partial charge in [-0.1, -0.05) is 18.5 Å². The van der Waals surface area contributed by atoms with E-state index in [1.54, 1.807) is 17.4 Å². The molecule has 2 aromatic rings. The molecule has 0 aliphatic heterocycles. The minimum Gasteiger partial charge on any atom is -0.308 e. The van der Waals surface area contributed by atoms with Crippen LogP contribution in [0, 0.1) is 5.82 Å². The van der Waals surface area contributed by atoms with Crippen LogP contribution in [0.3, 0.4) is 0 Å². The molecular weight excluding hydrogens is 283 g/mol. The van der Waals surface area contributed by atoms with Crippen LogP contribution in [0.15, 0.2) is 30.5 Å². The molecule has 0 fully saturated rings. The molecule has 2 nitrogen and oxygen atoms in total. The largest absolute Gasteiger partial charge is 0.308 e. The van der Waals surface area contributed by atoms with E-state index in [1.807, 2.05) is 12.1 Å². The highest BCUT2D eigenvalue weighted by Gasteiger charge is 2.10. The van der Waals surface area contributed by atoms with Crippen LogP contribution < -0.4 is 5.32 Å². The van der Waals surface area contributed by atoms with Crippen molar-refractivity contribution in [2.24, 2.45) is 0 Å². The third-order valence-corrected chi connectivity index (χ3v) is 4.20. The number of nitrogens with zero attached hydrogens (tertiary/aromatic N) is 1. The topological polar surface area (TPSA) is 24.9 Å². The molecule has 2 rings (SSSR count). The first-order chi connectivity index (χ1) is 9.19. The molecule has 1 unspecified atom stereocenters. The van der Waals surface area contributed by atoms with Crippen molar-refractivity contribution in [3.05, 3.63) is 51.2 Å². The molecule has 0 saturated heterocycles. The van der Waals surface area contributed by atoms with Gasteiger partial charge in [-0.15, -0.1) is 11.3 Å². The molecule has 0 amide bonds. The van der Waals surface area contributed by atoms with Crippen molar-refractivity contribution in [3.8, 4) is 0 Å². The maximum atomic E-state index is 12.8. The average molecular weight is 299 g/mol. The van der Waals surface area contributed by atoms with E-state index in [0.29, 0.717) is 0 Å². The lowest BCUT2D eigenvalue weighted by Gasteiger charge is -2.16. The summed E-state index contributed by atoms with van der Waals surface area (Å²) in [7, 11) is 0. The van der Waals surface area contributed by atoms with Gasteiger partial charge in [0.25, 0.3) is 0 Å². The quantitative estimate of drug-likeness (QED) is 0.864. The fourth-order valence-corrected chi connectivity index (χ4v) is 2.99. The van der Waals surface area contributed by atoms with Crippen molar-refractivity contribution in [2.45, 2.75) is 25.8 Å². The predicted octanol–water partition coefficient (Wildman–Crippen LogP) is 4.22. The van der Waals surface area contributed by atoms with Gasteiger partial charge in [0.1, 0.15) is 5.82 Å². The molecule has 102 valence electrons. The molecule has 0 saturated carbocycles. The molecule has 19 heavy (non-hydrogen) atoms. The molecule has 0 radical (unpaired) electrons. The van der Waals surface area contributed by atoms with Crippen molar-refractivity contribution in [1.29, 1.82) is 0 Å². The summed E-state index contributed by atoms with van der Waals surface area (Å²) in [6.07, 6.45) is 3.12. The van der Waals surface area contributed by atoms with Crippen molar-refractivity contribution < 1.29 is 4.39 Å². The van der Waals surface area contributed by atoms with Crippen LogP contribution in [0.1, 0.15) is 30.0 Å². The van der Waals surface area contributed by atoms with Crippen molar-refractivity contribution in [1.82, 2.24) is 10.3 Å². The Hall–Kier alpha value is -0.970. The molecule has 2 heterocycles. The fraction of sp³-hybridized carbons (Fsp3) is 0.357. The SMILES string of the molecule is CCC(NCCc1ccc(Cl)s1)c1ccc(F)cn1. The Kier molecular flexibility index (Phi) is 5.31. The van der Waals surface area contributed by atoms with Gasteiger partial charge in [0.2, 0.25) is 0 Å². The number of nitrogens with one attached hydrogen (secondary N) is 1. The lowest BCUT2D eigenvalue weighted by atomic mass is 10.1. The van der Waals surface area contributed by atoms with E-state index in [1.165, 1.54) is 17.1 Å². The first-order valence-electron chi connectivity index (χ1n) is 6.28. The van der Waals surface area contributed by atoms with Crippen LogP contribution in [0.5, 0.6) is 0 Å². The summed E-state index contributed by atoms with van der Waals surface area (Å²) in [5, 5.41) is 3.44. The van der Waals surface area contributed by atoms with Crippen molar-refractivity contribution >= 4 is 22.9 Å². The number of rotatable bonds is 6. The molecular formula is C14H16ClFN2S. The third-order valence-electron chi connectivity index (χ3n) is 2.91. The van der Waals surface area contributed by atoms with Crippen LogP contribution in [0.4, 0.5) is 4.39 Å². The lowest BCUT2D eigenvalue weighted by molar-refractivity contribution is 0.509. The second kappa shape index (κ2) is 6.98. The van der Waals surface area contributed by atoms with Gasteiger partial charge in [-0.3, -0.25) is 4.98 Å². The van der Waals surface area contributed by atoms with Gasteiger partial charge in [-0.25, -0.2) is 4.39 Å². The normalized spacial score (nSPS) is 12.6. The molecule has 1 atom stereocenters. The summed E-state index contributed by atoms with van der Waals surface area (Å²) in [5.74, 6) is -0.299. The number of halogens is 2. The zero-order valence-corrected chi connectivity index (χ0v) is 12.3. The van der Waals surface area contributed by atoms with Gasteiger partial charge in [0.15, 0.2) is 0 Å². The van der Waals surface area contributed by atoms with E-state index in [9.17, 15) is 4.39 Å². The number of hydrogen-bond acceptors (Lipinski definition) is 3.